The average Bonchev–Trinajstić information content (AvgIpc) is 2.70. The van der Waals surface area contributed by atoms with Crippen LogP contribution < -0.4 is 4.90 Å². The fourth-order valence-corrected chi connectivity index (χ4v) is 3.05. The molecule has 3 nitrogen and oxygen atoms in total. The third-order valence-electron chi connectivity index (χ3n) is 3.31. The fraction of sp³-hybridized carbons (Fsp3) is 0.833. The van der Waals surface area contributed by atoms with Gasteiger partial charge in [-0.3, -0.25) is 0 Å². The lowest BCUT2D eigenvalue weighted by Gasteiger charge is -2.36. The lowest BCUT2D eigenvalue weighted by molar-refractivity contribution is 0.390. The fourth-order valence-electron chi connectivity index (χ4n) is 2.13. The Kier molecular flexibility index (Phi) is 3.47. The Morgan fingerprint density at radius 3 is 2.69 bits per heavy atom. The number of aromatic nitrogens is 2. The maximum absolute atomic E-state index is 4.65. The van der Waals surface area contributed by atoms with E-state index in [2.05, 4.69) is 42.0 Å². The summed E-state index contributed by atoms with van der Waals surface area (Å²) in [6, 6.07) is 0.615. The molecule has 1 aliphatic rings. The van der Waals surface area contributed by atoms with Crippen molar-refractivity contribution >= 4 is 16.7 Å². The molecule has 0 radical (unpaired) electrons. The number of nitrogens with zero attached hydrogens (tertiary/aromatic N) is 3. The second-order valence-corrected chi connectivity index (χ2v) is 6.00. The van der Waals surface area contributed by atoms with E-state index in [4.69, 9.17) is 0 Å². The standard InChI is InChI=1S/C12H21N3S/c1-8(2)11-13-12(16-14-11)15-7-9(3)5-6-10(15)4/h8-10H,5-7H2,1-4H3. The molecule has 16 heavy (non-hydrogen) atoms. The molecule has 90 valence electrons. The molecule has 0 aromatic carbocycles. The third-order valence-corrected chi connectivity index (χ3v) is 4.08. The highest BCUT2D eigenvalue weighted by Gasteiger charge is 2.25. The molecule has 0 spiro atoms. The van der Waals surface area contributed by atoms with Crippen molar-refractivity contribution in [1.29, 1.82) is 0 Å². The number of piperidine rings is 1. The van der Waals surface area contributed by atoms with Crippen molar-refractivity contribution in [3.63, 3.8) is 0 Å². The molecule has 2 unspecified atom stereocenters. The van der Waals surface area contributed by atoms with E-state index >= 15 is 0 Å². The van der Waals surface area contributed by atoms with Gasteiger partial charge in [0.05, 0.1) is 0 Å². The summed E-state index contributed by atoms with van der Waals surface area (Å²) in [5.74, 6) is 2.20. The summed E-state index contributed by atoms with van der Waals surface area (Å²) in [4.78, 5) is 7.08. The van der Waals surface area contributed by atoms with Gasteiger partial charge < -0.3 is 4.90 Å². The molecule has 2 rings (SSSR count). The summed E-state index contributed by atoms with van der Waals surface area (Å²) in [6.45, 7) is 10.0. The normalized spacial score (nSPS) is 26.4. The molecule has 0 bridgehead atoms. The molecule has 0 amide bonds. The SMILES string of the molecule is CC1CCC(C)N(c2nc(C(C)C)ns2)C1. The zero-order chi connectivity index (χ0) is 11.7. The van der Waals surface area contributed by atoms with Crippen molar-refractivity contribution in [3.8, 4) is 0 Å². The van der Waals surface area contributed by atoms with Crippen LogP contribution in [0, 0.1) is 5.92 Å². The lowest BCUT2D eigenvalue weighted by atomic mass is 9.96. The summed E-state index contributed by atoms with van der Waals surface area (Å²) in [5, 5.41) is 1.11. The molecule has 0 aliphatic carbocycles. The Morgan fingerprint density at radius 1 is 1.31 bits per heavy atom. The summed E-state index contributed by atoms with van der Waals surface area (Å²) >= 11 is 1.55. The first-order valence-corrected chi connectivity index (χ1v) is 6.95. The van der Waals surface area contributed by atoms with Crippen molar-refractivity contribution in [2.24, 2.45) is 5.92 Å². The topological polar surface area (TPSA) is 29.0 Å². The van der Waals surface area contributed by atoms with Gasteiger partial charge in [0.2, 0.25) is 5.13 Å². The highest BCUT2D eigenvalue weighted by atomic mass is 32.1. The van der Waals surface area contributed by atoms with Crippen molar-refractivity contribution in [3.05, 3.63) is 5.82 Å². The van der Waals surface area contributed by atoms with E-state index in [0.29, 0.717) is 12.0 Å². The van der Waals surface area contributed by atoms with Gasteiger partial charge in [-0.15, -0.1) is 0 Å². The van der Waals surface area contributed by atoms with Gasteiger partial charge in [0.15, 0.2) is 0 Å². The summed E-state index contributed by atoms with van der Waals surface area (Å²) in [6.07, 6.45) is 2.62. The van der Waals surface area contributed by atoms with Gasteiger partial charge in [-0.1, -0.05) is 20.8 Å². The summed E-state index contributed by atoms with van der Waals surface area (Å²) in [5.41, 5.74) is 0. The Morgan fingerprint density at radius 2 is 2.06 bits per heavy atom. The molecule has 1 aliphatic heterocycles. The first kappa shape index (κ1) is 11.8. The molecular weight excluding hydrogens is 218 g/mol. The Bertz CT molecular complexity index is 348. The van der Waals surface area contributed by atoms with Gasteiger partial charge in [-0.25, -0.2) is 4.98 Å². The molecule has 4 heteroatoms. The Balaban J connectivity index is 2.15. The van der Waals surface area contributed by atoms with Crippen LogP contribution in [0.4, 0.5) is 5.13 Å². The average molecular weight is 239 g/mol. The van der Waals surface area contributed by atoms with Crippen LogP contribution in [-0.4, -0.2) is 21.9 Å². The van der Waals surface area contributed by atoms with Gasteiger partial charge in [0.25, 0.3) is 0 Å². The van der Waals surface area contributed by atoms with Gasteiger partial charge in [0, 0.05) is 30.0 Å². The van der Waals surface area contributed by atoms with E-state index in [0.717, 1.165) is 23.4 Å². The van der Waals surface area contributed by atoms with E-state index in [9.17, 15) is 0 Å². The number of hydrogen-bond acceptors (Lipinski definition) is 4. The van der Waals surface area contributed by atoms with Gasteiger partial charge in [0.1, 0.15) is 5.82 Å². The Hall–Kier alpha value is -0.640. The van der Waals surface area contributed by atoms with E-state index < -0.39 is 0 Å². The van der Waals surface area contributed by atoms with Crippen LogP contribution in [0.5, 0.6) is 0 Å². The minimum absolute atomic E-state index is 0.433. The molecule has 2 heterocycles. The second kappa shape index (κ2) is 4.70. The summed E-state index contributed by atoms with van der Waals surface area (Å²) in [7, 11) is 0. The van der Waals surface area contributed by atoms with Crippen LogP contribution in [0.25, 0.3) is 0 Å². The minimum atomic E-state index is 0.433. The summed E-state index contributed by atoms with van der Waals surface area (Å²) < 4.78 is 4.44. The van der Waals surface area contributed by atoms with Crippen LogP contribution >= 0.6 is 11.5 Å². The predicted octanol–water partition coefficient (Wildman–Crippen LogP) is 3.29. The number of anilines is 1. The molecule has 1 saturated heterocycles. The van der Waals surface area contributed by atoms with Gasteiger partial charge >= 0.3 is 0 Å². The van der Waals surface area contributed by atoms with Gasteiger partial charge in [-0.2, -0.15) is 4.37 Å². The van der Waals surface area contributed by atoms with E-state index in [-0.39, 0.29) is 0 Å². The highest BCUT2D eigenvalue weighted by molar-refractivity contribution is 7.09. The molecular formula is C12H21N3S. The van der Waals surface area contributed by atoms with E-state index in [1.807, 2.05) is 0 Å². The molecule has 1 aromatic rings. The molecule has 1 fully saturated rings. The molecule has 1 aromatic heterocycles. The Labute approximate surface area is 102 Å². The maximum Gasteiger partial charge on any atom is 0.205 e. The monoisotopic (exact) mass is 239 g/mol. The zero-order valence-corrected chi connectivity index (χ0v) is 11.4. The van der Waals surface area contributed by atoms with E-state index in [1.165, 1.54) is 12.8 Å². The van der Waals surface area contributed by atoms with E-state index in [1.54, 1.807) is 11.5 Å². The van der Waals surface area contributed by atoms with Crippen molar-refractivity contribution in [1.82, 2.24) is 9.36 Å². The van der Waals surface area contributed by atoms with Crippen LogP contribution in [-0.2, 0) is 0 Å². The van der Waals surface area contributed by atoms with Crippen LogP contribution in [0.2, 0.25) is 0 Å². The predicted molar refractivity (Wildman–Crippen MR) is 69.2 cm³/mol. The quantitative estimate of drug-likeness (QED) is 0.793. The lowest BCUT2D eigenvalue weighted by Crippen LogP contribution is -2.41. The van der Waals surface area contributed by atoms with Crippen LogP contribution in [0.3, 0.4) is 0 Å². The van der Waals surface area contributed by atoms with Crippen molar-refractivity contribution < 1.29 is 0 Å². The molecule has 0 saturated carbocycles. The van der Waals surface area contributed by atoms with Crippen LogP contribution in [0.1, 0.15) is 52.3 Å². The van der Waals surface area contributed by atoms with Crippen molar-refractivity contribution in [2.45, 2.75) is 52.5 Å². The van der Waals surface area contributed by atoms with Crippen molar-refractivity contribution in [2.75, 3.05) is 11.4 Å². The minimum Gasteiger partial charge on any atom is -0.344 e. The van der Waals surface area contributed by atoms with Crippen LogP contribution in [0.15, 0.2) is 0 Å². The highest BCUT2D eigenvalue weighted by Crippen LogP contribution is 2.29. The third kappa shape index (κ3) is 2.37. The first-order valence-electron chi connectivity index (χ1n) is 6.18. The largest absolute Gasteiger partial charge is 0.344 e. The molecule has 0 N–H and O–H groups in total. The smallest absolute Gasteiger partial charge is 0.205 e. The first-order chi connectivity index (χ1) is 7.58. The maximum atomic E-state index is 4.65. The number of rotatable bonds is 2. The van der Waals surface area contributed by atoms with Gasteiger partial charge in [-0.05, 0) is 25.7 Å². The number of hydrogen-bond donors (Lipinski definition) is 0. The molecule has 2 atom stereocenters. The zero-order valence-electron chi connectivity index (χ0n) is 10.6. The second-order valence-electron chi connectivity index (χ2n) is 5.27.